The SMILES string of the molecule is COc1cc(-c2nnc(CCC(=O)NCc3ccccc3)c(=O)[nH]2)ccc1OCc1ccccc1F. The Bertz CT molecular complexity index is 1390. The van der Waals surface area contributed by atoms with Gasteiger partial charge in [-0.2, -0.15) is 0 Å². The van der Waals surface area contributed by atoms with Crippen molar-refractivity contribution in [2.24, 2.45) is 0 Å². The Balaban J connectivity index is 1.38. The summed E-state index contributed by atoms with van der Waals surface area (Å²) in [7, 11) is 1.48. The Morgan fingerprint density at radius 1 is 1.00 bits per heavy atom. The average molecular weight is 489 g/mol. The number of hydrogen-bond acceptors (Lipinski definition) is 6. The fraction of sp³-hybridized carbons (Fsp3) is 0.185. The van der Waals surface area contributed by atoms with Gasteiger partial charge in [-0.05, 0) is 29.8 Å². The maximum absolute atomic E-state index is 13.9. The molecule has 0 saturated heterocycles. The molecule has 2 N–H and O–H groups in total. The lowest BCUT2D eigenvalue weighted by Crippen LogP contribution is -2.25. The summed E-state index contributed by atoms with van der Waals surface area (Å²) in [6.07, 6.45) is 0.279. The molecule has 0 unspecified atom stereocenters. The Morgan fingerprint density at radius 3 is 2.53 bits per heavy atom. The van der Waals surface area contributed by atoms with Gasteiger partial charge in [0, 0.05) is 30.5 Å². The van der Waals surface area contributed by atoms with Gasteiger partial charge in [-0.15, -0.1) is 10.2 Å². The van der Waals surface area contributed by atoms with Crippen molar-refractivity contribution < 1.29 is 18.7 Å². The number of benzene rings is 3. The highest BCUT2D eigenvalue weighted by Gasteiger charge is 2.13. The Labute approximate surface area is 207 Å². The third-order valence-electron chi connectivity index (χ3n) is 5.46. The van der Waals surface area contributed by atoms with Crippen LogP contribution in [-0.4, -0.2) is 28.2 Å². The van der Waals surface area contributed by atoms with Crippen molar-refractivity contribution >= 4 is 5.91 Å². The van der Waals surface area contributed by atoms with E-state index >= 15 is 0 Å². The van der Waals surface area contributed by atoms with Crippen LogP contribution in [-0.2, 0) is 24.4 Å². The smallest absolute Gasteiger partial charge is 0.273 e. The number of nitrogens with zero attached hydrogens (tertiary/aromatic N) is 2. The quantitative estimate of drug-likeness (QED) is 0.352. The van der Waals surface area contributed by atoms with Crippen LogP contribution in [0.2, 0.25) is 0 Å². The van der Waals surface area contributed by atoms with Crippen molar-refractivity contribution in [1.29, 1.82) is 0 Å². The third-order valence-corrected chi connectivity index (χ3v) is 5.46. The zero-order valence-corrected chi connectivity index (χ0v) is 19.7. The van der Waals surface area contributed by atoms with Crippen molar-refractivity contribution in [3.8, 4) is 22.9 Å². The molecule has 0 saturated carbocycles. The van der Waals surface area contributed by atoms with Crippen LogP contribution in [0.1, 0.15) is 23.2 Å². The number of H-pyrrole nitrogens is 1. The predicted molar refractivity (Wildman–Crippen MR) is 132 cm³/mol. The number of rotatable bonds is 10. The number of carbonyl (C=O) groups is 1. The normalized spacial score (nSPS) is 10.6. The first kappa shape index (κ1) is 24.6. The molecular weight excluding hydrogens is 463 g/mol. The van der Waals surface area contributed by atoms with Gasteiger partial charge in [-0.25, -0.2) is 4.39 Å². The molecule has 0 spiro atoms. The molecule has 4 rings (SSSR count). The topological polar surface area (TPSA) is 106 Å². The molecule has 0 aliphatic heterocycles. The van der Waals surface area contributed by atoms with Gasteiger partial charge in [0.2, 0.25) is 5.91 Å². The van der Waals surface area contributed by atoms with E-state index in [9.17, 15) is 14.0 Å². The molecule has 1 amide bonds. The van der Waals surface area contributed by atoms with Gasteiger partial charge >= 0.3 is 0 Å². The lowest BCUT2D eigenvalue weighted by atomic mass is 10.2. The largest absolute Gasteiger partial charge is 0.493 e. The van der Waals surface area contributed by atoms with Crippen LogP contribution in [0.25, 0.3) is 11.4 Å². The molecule has 0 aliphatic rings. The van der Waals surface area contributed by atoms with E-state index in [1.165, 1.54) is 13.2 Å². The van der Waals surface area contributed by atoms with Crippen LogP contribution in [0.5, 0.6) is 11.5 Å². The van der Waals surface area contributed by atoms with Crippen LogP contribution in [0.4, 0.5) is 4.39 Å². The number of aromatic nitrogens is 3. The molecule has 36 heavy (non-hydrogen) atoms. The van der Waals surface area contributed by atoms with Crippen LogP contribution in [0.15, 0.2) is 77.6 Å². The number of aromatic amines is 1. The number of halogens is 1. The predicted octanol–water partition coefficient (Wildman–Crippen LogP) is 3.81. The number of ether oxygens (including phenoxy) is 2. The fourth-order valence-corrected chi connectivity index (χ4v) is 3.48. The molecule has 1 aromatic heterocycles. The first-order valence-electron chi connectivity index (χ1n) is 11.3. The summed E-state index contributed by atoms with van der Waals surface area (Å²) in [5, 5.41) is 11.0. The first-order valence-corrected chi connectivity index (χ1v) is 11.3. The van der Waals surface area contributed by atoms with Gasteiger partial charge in [0.25, 0.3) is 5.56 Å². The molecule has 184 valence electrons. The zero-order valence-electron chi connectivity index (χ0n) is 19.7. The summed E-state index contributed by atoms with van der Waals surface area (Å²) in [5.74, 6) is 0.523. The molecule has 8 nitrogen and oxygen atoms in total. The maximum Gasteiger partial charge on any atom is 0.273 e. The van der Waals surface area contributed by atoms with E-state index in [0.717, 1.165) is 5.56 Å². The van der Waals surface area contributed by atoms with E-state index in [0.29, 0.717) is 29.2 Å². The van der Waals surface area contributed by atoms with Crippen molar-refractivity contribution in [2.75, 3.05) is 7.11 Å². The highest BCUT2D eigenvalue weighted by Crippen LogP contribution is 2.31. The molecule has 1 heterocycles. The second-order valence-corrected chi connectivity index (χ2v) is 7.96. The molecule has 3 aromatic carbocycles. The van der Waals surface area contributed by atoms with Crippen LogP contribution < -0.4 is 20.3 Å². The molecule has 9 heteroatoms. The summed E-state index contributed by atoms with van der Waals surface area (Å²) < 4.78 is 25.0. The van der Waals surface area contributed by atoms with E-state index in [1.807, 2.05) is 30.3 Å². The second-order valence-electron chi connectivity index (χ2n) is 7.96. The van der Waals surface area contributed by atoms with E-state index in [-0.39, 0.29) is 42.7 Å². The monoisotopic (exact) mass is 488 g/mol. The van der Waals surface area contributed by atoms with Gasteiger partial charge in [0.15, 0.2) is 17.3 Å². The van der Waals surface area contributed by atoms with Crippen molar-refractivity contribution in [2.45, 2.75) is 26.0 Å². The molecule has 4 aromatic rings. The van der Waals surface area contributed by atoms with Gasteiger partial charge in [-0.1, -0.05) is 48.5 Å². The number of carbonyl (C=O) groups excluding carboxylic acids is 1. The van der Waals surface area contributed by atoms with Crippen molar-refractivity contribution in [1.82, 2.24) is 20.5 Å². The highest BCUT2D eigenvalue weighted by molar-refractivity contribution is 5.76. The Hall–Kier alpha value is -4.53. The average Bonchev–Trinajstić information content (AvgIpc) is 2.91. The van der Waals surface area contributed by atoms with E-state index in [4.69, 9.17) is 9.47 Å². The van der Waals surface area contributed by atoms with E-state index < -0.39 is 5.56 Å². The molecule has 0 radical (unpaired) electrons. The summed E-state index contributed by atoms with van der Waals surface area (Å²) in [6, 6.07) is 20.9. The minimum absolute atomic E-state index is 0.0344. The fourth-order valence-electron chi connectivity index (χ4n) is 3.48. The Kier molecular flexibility index (Phi) is 8.02. The van der Waals surface area contributed by atoms with Crippen LogP contribution in [0.3, 0.4) is 0 Å². The first-order chi connectivity index (χ1) is 17.5. The lowest BCUT2D eigenvalue weighted by molar-refractivity contribution is -0.121. The second kappa shape index (κ2) is 11.7. The standard InChI is InChI=1S/C27H25FN4O4/c1-35-24-15-19(11-13-23(24)36-17-20-9-5-6-10-21(20)28)26-30-27(34)22(31-32-26)12-14-25(33)29-16-18-7-3-2-4-8-18/h2-11,13,15H,12,14,16-17H2,1H3,(H,29,33)(H,30,32,34). The number of aryl methyl sites for hydroxylation is 1. The van der Waals surface area contributed by atoms with E-state index in [2.05, 4.69) is 20.5 Å². The summed E-state index contributed by atoms with van der Waals surface area (Å²) >= 11 is 0. The lowest BCUT2D eigenvalue weighted by Gasteiger charge is -2.12. The molecule has 0 atom stereocenters. The zero-order chi connectivity index (χ0) is 25.3. The number of hydrogen-bond donors (Lipinski definition) is 2. The van der Waals surface area contributed by atoms with Gasteiger partial charge in [0.1, 0.15) is 18.1 Å². The highest BCUT2D eigenvalue weighted by atomic mass is 19.1. The third kappa shape index (κ3) is 6.32. The van der Waals surface area contributed by atoms with Gasteiger partial charge < -0.3 is 19.8 Å². The molecule has 0 bridgehead atoms. The van der Waals surface area contributed by atoms with Crippen LogP contribution in [0, 0.1) is 5.82 Å². The van der Waals surface area contributed by atoms with Gasteiger partial charge in [0.05, 0.1) is 7.11 Å². The van der Waals surface area contributed by atoms with Crippen LogP contribution >= 0.6 is 0 Å². The Morgan fingerprint density at radius 2 is 1.78 bits per heavy atom. The van der Waals surface area contributed by atoms with Crippen molar-refractivity contribution in [3.63, 3.8) is 0 Å². The number of methoxy groups -OCH3 is 1. The molecule has 0 fully saturated rings. The summed E-state index contributed by atoms with van der Waals surface area (Å²) in [5.41, 5.74) is 1.72. The minimum atomic E-state index is -0.422. The number of nitrogens with one attached hydrogen (secondary N) is 2. The van der Waals surface area contributed by atoms with E-state index in [1.54, 1.807) is 36.4 Å². The molecule has 0 aliphatic carbocycles. The van der Waals surface area contributed by atoms with Gasteiger partial charge in [-0.3, -0.25) is 9.59 Å². The summed E-state index contributed by atoms with van der Waals surface area (Å²) in [4.78, 5) is 27.4. The number of amides is 1. The van der Waals surface area contributed by atoms with Crippen molar-refractivity contribution in [3.05, 3.63) is 106 Å². The summed E-state index contributed by atoms with van der Waals surface area (Å²) in [6.45, 7) is 0.453. The molecular formula is C27H25FN4O4. The minimum Gasteiger partial charge on any atom is -0.493 e. The maximum atomic E-state index is 13.9.